The Labute approximate surface area is 64.6 Å². The molecule has 1 rings (SSSR count). The van der Waals surface area contributed by atoms with Gasteiger partial charge in [0.05, 0.1) is 0 Å². The third kappa shape index (κ3) is 1.75. The van der Waals surface area contributed by atoms with E-state index in [2.05, 4.69) is 15.2 Å². The van der Waals surface area contributed by atoms with Gasteiger partial charge in [-0.05, 0) is 0 Å². The normalized spacial score (nSPS) is 13.4. The van der Waals surface area contributed by atoms with Crippen molar-refractivity contribution in [3.63, 3.8) is 0 Å². The molecule has 0 aliphatic rings. The van der Waals surface area contributed by atoms with E-state index in [4.69, 9.17) is 10.8 Å². The summed E-state index contributed by atoms with van der Waals surface area (Å²) in [4.78, 5) is 4.00. The smallest absolute Gasteiger partial charge is 0.180 e. The van der Waals surface area contributed by atoms with Crippen LogP contribution in [0.15, 0.2) is 0 Å². The van der Waals surface area contributed by atoms with E-state index in [9.17, 15) is 0 Å². The van der Waals surface area contributed by atoms with Crippen molar-refractivity contribution in [3.8, 4) is 0 Å². The molecule has 4 N–H and O–H groups in total. The lowest BCUT2D eigenvalue weighted by atomic mass is 10.3. The molecule has 0 spiro atoms. The van der Waals surface area contributed by atoms with E-state index < -0.39 is 6.10 Å². The van der Waals surface area contributed by atoms with Gasteiger partial charge in [-0.25, -0.2) is 4.98 Å². The van der Waals surface area contributed by atoms with Gasteiger partial charge in [0, 0.05) is 13.0 Å². The monoisotopic (exact) mass is 156 g/mol. The van der Waals surface area contributed by atoms with Crippen LogP contribution >= 0.6 is 0 Å². The third-order valence-electron chi connectivity index (χ3n) is 1.41. The van der Waals surface area contributed by atoms with Crippen LogP contribution in [0.3, 0.4) is 0 Å². The molecular weight excluding hydrogens is 144 g/mol. The Morgan fingerprint density at radius 1 is 1.73 bits per heavy atom. The topological polar surface area (TPSA) is 87.8 Å². The molecule has 1 heterocycles. The van der Waals surface area contributed by atoms with Crippen LogP contribution < -0.4 is 5.73 Å². The molecule has 0 aromatic carbocycles. The maximum absolute atomic E-state index is 9.17. The van der Waals surface area contributed by atoms with Crippen molar-refractivity contribution in [3.05, 3.63) is 11.6 Å². The van der Waals surface area contributed by atoms with Crippen LogP contribution in [0.2, 0.25) is 0 Å². The average Bonchev–Trinajstić information content (AvgIpc) is 2.50. The number of aliphatic hydroxyl groups excluding tert-OH is 1. The minimum atomic E-state index is -0.744. The molecule has 0 aliphatic carbocycles. The zero-order chi connectivity index (χ0) is 8.27. The van der Waals surface area contributed by atoms with E-state index in [1.165, 1.54) is 0 Å². The second-order valence-corrected chi connectivity index (χ2v) is 2.25. The Morgan fingerprint density at radius 3 is 2.91 bits per heavy atom. The summed E-state index contributed by atoms with van der Waals surface area (Å²) in [5.74, 6) is 1.15. The number of nitrogens with one attached hydrogen (secondary N) is 1. The van der Waals surface area contributed by atoms with E-state index in [-0.39, 0.29) is 6.54 Å². The second-order valence-electron chi connectivity index (χ2n) is 2.25. The highest BCUT2D eigenvalue weighted by Gasteiger charge is 2.09. The quantitative estimate of drug-likeness (QED) is 0.543. The van der Waals surface area contributed by atoms with Gasteiger partial charge in [0.15, 0.2) is 5.82 Å². The number of nitrogens with zero attached hydrogens (tertiary/aromatic N) is 2. The summed E-state index contributed by atoms with van der Waals surface area (Å²) in [5, 5.41) is 15.7. The number of H-pyrrole nitrogens is 1. The lowest BCUT2D eigenvalue weighted by Crippen LogP contribution is -2.12. The van der Waals surface area contributed by atoms with Gasteiger partial charge < -0.3 is 10.8 Å². The lowest BCUT2D eigenvalue weighted by Gasteiger charge is -1.98. The number of aliphatic hydroxyl groups is 1. The van der Waals surface area contributed by atoms with Crippen molar-refractivity contribution in [2.24, 2.45) is 5.73 Å². The number of hydrogen-bond donors (Lipinski definition) is 3. The summed E-state index contributed by atoms with van der Waals surface area (Å²) in [6.07, 6.45) is 0.0381. The predicted molar refractivity (Wildman–Crippen MR) is 39.8 cm³/mol. The zero-order valence-electron chi connectivity index (χ0n) is 6.41. The molecule has 62 valence electrons. The number of aryl methyl sites for hydroxylation is 1. The molecule has 1 atom stereocenters. The molecule has 0 saturated carbocycles. The molecule has 1 aromatic heterocycles. The number of hydrogen-bond acceptors (Lipinski definition) is 4. The van der Waals surface area contributed by atoms with E-state index in [0.717, 1.165) is 12.2 Å². The molecule has 11 heavy (non-hydrogen) atoms. The van der Waals surface area contributed by atoms with Gasteiger partial charge in [0.2, 0.25) is 0 Å². The van der Waals surface area contributed by atoms with Crippen molar-refractivity contribution < 1.29 is 5.11 Å². The first-order valence-electron chi connectivity index (χ1n) is 3.57. The lowest BCUT2D eigenvalue weighted by molar-refractivity contribution is 0.177. The Morgan fingerprint density at radius 2 is 2.45 bits per heavy atom. The average molecular weight is 156 g/mol. The first-order chi connectivity index (χ1) is 5.27. The number of nitrogens with two attached hydrogens (primary N) is 1. The Hall–Kier alpha value is -0.940. The van der Waals surface area contributed by atoms with Crippen LogP contribution in [0.25, 0.3) is 0 Å². The van der Waals surface area contributed by atoms with E-state index in [0.29, 0.717) is 5.82 Å². The van der Waals surface area contributed by atoms with Gasteiger partial charge in [0.25, 0.3) is 0 Å². The van der Waals surface area contributed by atoms with E-state index in [1.54, 1.807) is 0 Å². The standard InChI is InChI=1S/C6H12N4O/c1-2-5-8-6(10-9-5)4(11)3-7/h4,11H,2-3,7H2,1H3,(H,8,9,10). The second kappa shape index (κ2) is 3.45. The number of aromatic nitrogens is 3. The summed E-state index contributed by atoms with van der Waals surface area (Å²) in [7, 11) is 0. The van der Waals surface area contributed by atoms with Gasteiger partial charge in [-0.2, -0.15) is 5.10 Å². The van der Waals surface area contributed by atoms with Crippen molar-refractivity contribution in [1.29, 1.82) is 0 Å². The highest BCUT2D eigenvalue weighted by atomic mass is 16.3. The summed E-state index contributed by atoms with van der Waals surface area (Å²) >= 11 is 0. The van der Waals surface area contributed by atoms with Crippen molar-refractivity contribution in [1.82, 2.24) is 15.2 Å². The van der Waals surface area contributed by atoms with Gasteiger partial charge in [-0.1, -0.05) is 6.92 Å². The minimum Gasteiger partial charge on any atom is -0.384 e. The molecule has 0 saturated heterocycles. The maximum atomic E-state index is 9.17. The van der Waals surface area contributed by atoms with Crippen molar-refractivity contribution in [2.75, 3.05) is 6.54 Å². The molecule has 1 aromatic rings. The van der Waals surface area contributed by atoms with Gasteiger partial charge in [-0.15, -0.1) is 0 Å². The van der Waals surface area contributed by atoms with E-state index >= 15 is 0 Å². The minimum absolute atomic E-state index is 0.154. The van der Waals surface area contributed by atoms with Crippen LogP contribution in [0.1, 0.15) is 24.7 Å². The summed E-state index contributed by atoms with van der Waals surface area (Å²) in [6.45, 7) is 2.11. The van der Waals surface area contributed by atoms with E-state index in [1.807, 2.05) is 6.92 Å². The maximum Gasteiger partial charge on any atom is 0.180 e. The molecule has 0 aliphatic heterocycles. The van der Waals surface area contributed by atoms with Crippen LogP contribution in [-0.4, -0.2) is 26.8 Å². The predicted octanol–water partition coefficient (Wildman–Crippen LogP) is -0.641. The largest absolute Gasteiger partial charge is 0.384 e. The third-order valence-corrected chi connectivity index (χ3v) is 1.41. The molecule has 5 heteroatoms. The molecule has 0 amide bonds. The Kier molecular flexibility index (Phi) is 2.56. The highest BCUT2D eigenvalue weighted by Crippen LogP contribution is 2.04. The van der Waals surface area contributed by atoms with Crippen LogP contribution in [0.5, 0.6) is 0 Å². The fraction of sp³-hybridized carbons (Fsp3) is 0.667. The van der Waals surface area contributed by atoms with Gasteiger partial charge in [-0.3, -0.25) is 5.10 Å². The first kappa shape index (κ1) is 8.16. The molecule has 0 bridgehead atoms. The number of rotatable bonds is 3. The molecule has 0 fully saturated rings. The highest BCUT2D eigenvalue weighted by molar-refractivity contribution is 4.93. The molecule has 0 radical (unpaired) electrons. The Balaban J connectivity index is 2.71. The summed E-state index contributed by atoms with van der Waals surface area (Å²) in [5.41, 5.74) is 5.21. The fourth-order valence-electron chi connectivity index (χ4n) is 0.723. The van der Waals surface area contributed by atoms with Gasteiger partial charge in [0.1, 0.15) is 11.9 Å². The molecular formula is C6H12N4O. The van der Waals surface area contributed by atoms with Crippen molar-refractivity contribution in [2.45, 2.75) is 19.4 Å². The zero-order valence-corrected chi connectivity index (χ0v) is 6.41. The van der Waals surface area contributed by atoms with Gasteiger partial charge >= 0.3 is 0 Å². The number of aromatic amines is 1. The molecule has 5 nitrogen and oxygen atoms in total. The summed E-state index contributed by atoms with van der Waals surface area (Å²) < 4.78 is 0. The fourth-order valence-corrected chi connectivity index (χ4v) is 0.723. The first-order valence-corrected chi connectivity index (χ1v) is 3.57. The summed E-state index contributed by atoms with van der Waals surface area (Å²) in [6, 6.07) is 0. The van der Waals surface area contributed by atoms with Crippen molar-refractivity contribution >= 4 is 0 Å². The Bertz CT molecular complexity index is 222. The molecule has 1 unspecified atom stereocenters. The van der Waals surface area contributed by atoms with Crippen LogP contribution in [0.4, 0.5) is 0 Å². The van der Waals surface area contributed by atoms with Crippen LogP contribution in [0, 0.1) is 0 Å². The SMILES string of the molecule is CCc1nc(C(O)CN)n[nH]1. The van der Waals surface area contributed by atoms with Crippen LogP contribution in [-0.2, 0) is 6.42 Å².